The Kier molecular flexibility index (Phi) is 5.82. The lowest BCUT2D eigenvalue weighted by molar-refractivity contribution is -0.144. The number of aromatic nitrogens is 4. The first-order chi connectivity index (χ1) is 16.4. The number of hydrogen-bond acceptors (Lipinski definition) is 6. The molecule has 1 fully saturated rings. The standard InChI is InChI=1S/C24H23F3N6O/c1-15-6-7-28-20(12-15)21(24(25,26)27)31-17-4-2-16(3-5-17)19-13-18-22(32-19)29-14-30-23(18)33-8-10-34-11-9-33/h2-7,12-14,21,31H,8-11H2,1H3,(H,29,30,32). The summed E-state index contributed by atoms with van der Waals surface area (Å²) in [6.45, 7) is 4.54. The number of hydrogen-bond donors (Lipinski definition) is 2. The van der Waals surface area contributed by atoms with Gasteiger partial charge in [-0.3, -0.25) is 4.98 Å². The summed E-state index contributed by atoms with van der Waals surface area (Å²) in [6.07, 6.45) is -1.58. The molecule has 1 saturated heterocycles. The van der Waals surface area contributed by atoms with Crippen LogP contribution in [0.4, 0.5) is 24.7 Å². The maximum Gasteiger partial charge on any atom is 0.414 e. The average Bonchev–Trinajstić information content (AvgIpc) is 3.27. The van der Waals surface area contributed by atoms with Gasteiger partial charge in [0.1, 0.15) is 17.8 Å². The molecule has 1 aliphatic rings. The molecule has 7 nitrogen and oxygen atoms in total. The molecule has 1 aromatic carbocycles. The first-order valence-electron chi connectivity index (χ1n) is 10.9. The minimum absolute atomic E-state index is 0.0681. The normalized spacial score (nSPS) is 15.5. The fourth-order valence-electron chi connectivity index (χ4n) is 4.06. The van der Waals surface area contributed by atoms with E-state index in [2.05, 4.69) is 30.2 Å². The van der Waals surface area contributed by atoms with E-state index in [-0.39, 0.29) is 5.69 Å². The minimum Gasteiger partial charge on any atom is -0.378 e. The molecule has 10 heteroatoms. The van der Waals surface area contributed by atoms with Crippen molar-refractivity contribution >= 4 is 22.5 Å². The van der Waals surface area contributed by atoms with Crippen LogP contribution in [0, 0.1) is 6.92 Å². The van der Waals surface area contributed by atoms with Crippen LogP contribution in [0.1, 0.15) is 17.3 Å². The molecule has 4 heterocycles. The van der Waals surface area contributed by atoms with E-state index in [1.54, 1.807) is 37.3 Å². The number of morpholine rings is 1. The lowest BCUT2D eigenvalue weighted by atomic mass is 10.1. The van der Waals surface area contributed by atoms with Crippen molar-refractivity contribution in [2.75, 3.05) is 36.5 Å². The number of aryl methyl sites for hydroxylation is 1. The minimum atomic E-state index is -4.49. The smallest absolute Gasteiger partial charge is 0.378 e. The fourth-order valence-corrected chi connectivity index (χ4v) is 4.06. The zero-order valence-corrected chi connectivity index (χ0v) is 18.4. The molecule has 0 bridgehead atoms. The number of alkyl halides is 3. The van der Waals surface area contributed by atoms with Crippen LogP contribution >= 0.6 is 0 Å². The predicted octanol–water partition coefficient (Wildman–Crippen LogP) is 4.88. The Morgan fingerprint density at radius 2 is 1.79 bits per heavy atom. The van der Waals surface area contributed by atoms with Crippen LogP contribution in [0.2, 0.25) is 0 Å². The summed E-state index contributed by atoms with van der Waals surface area (Å²) in [7, 11) is 0. The second-order valence-corrected chi connectivity index (χ2v) is 8.20. The van der Waals surface area contributed by atoms with Crippen molar-refractivity contribution in [2.45, 2.75) is 19.1 Å². The highest BCUT2D eigenvalue weighted by atomic mass is 19.4. The summed E-state index contributed by atoms with van der Waals surface area (Å²) in [5.41, 5.74) is 3.34. The van der Waals surface area contributed by atoms with Crippen molar-refractivity contribution in [3.8, 4) is 11.3 Å². The zero-order valence-electron chi connectivity index (χ0n) is 18.4. The summed E-state index contributed by atoms with van der Waals surface area (Å²) in [5, 5.41) is 3.47. The van der Waals surface area contributed by atoms with Gasteiger partial charge in [-0.2, -0.15) is 13.2 Å². The molecule has 176 valence electrons. The van der Waals surface area contributed by atoms with Crippen LogP contribution in [-0.4, -0.2) is 52.4 Å². The third kappa shape index (κ3) is 4.54. The highest BCUT2D eigenvalue weighted by Crippen LogP contribution is 2.36. The number of rotatable bonds is 5. The first-order valence-corrected chi connectivity index (χ1v) is 10.9. The van der Waals surface area contributed by atoms with Gasteiger partial charge in [0.15, 0.2) is 6.04 Å². The third-order valence-electron chi connectivity index (χ3n) is 5.78. The lowest BCUT2D eigenvalue weighted by Crippen LogP contribution is -2.36. The van der Waals surface area contributed by atoms with Crippen molar-refractivity contribution < 1.29 is 17.9 Å². The fraction of sp³-hybridized carbons (Fsp3) is 0.292. The van der Waals surface area contributed by atoms with Gasteiger partial charge in [0, 0.05) is 30.7 Å². The van der Waals surface area contributed by atoms with Crippen molar-refractivity contribution in [3.05, 3.63) is 66.2 Å². The van der Waals surface area contributed by atoms with Crippen LogP contribution in [0.3, 0.4) is 0 Å². The van der Waals surface area contributed by atoms with E-state index < -0.39 is 12.2 Å². The van der Waals surface area contributed by atoms with E-state index in [0.29, 0.717) is 24.5 Å². The third-order valence-corrected chi connectivity index (χ3v) is 5.78. The van der Waals surface area contributed by atoms with Gasteiger partial charge in [0.25, 0.3) is 0 Å². The molecule has 1 aliphatic heterocycles. The zero-order chi connectivity index (χ0) is 23.7. The van der Waals surface area contributed by atoms with Crippen LogP contribution in [0.15, 0.2) is 55.0 Å². The van der Waals surface area contributed by atoms with Crippen molar-refractivity contribution in [1.82, 2.24) is 19.9 Å². The van der Waals surface area contributed by atoms with E-state index in [4.69, 9.17) is 4.74 Å². The monoisotopic (exact) mass is 468 g/mol. The van der Waals surface area contributed by atoms with Gasteiger partial charge in [0.2, 0.25) is 0 Å². The molecule has 0 saturated carbocycles. The summed E-state index contributed by atoms with van der Waals surface area (Å²) in [5.74, 6) is 0.841. The second-order valence-electron chi connectivity index (χ2n) is 8.20. The quantitative estimate of drug-likeness (QED) is 0.435. The molecule has 0 radical (unpaired) electrons. The van der Waals surface area contributed by atoms with Crippen LogP contribution in [-0.2, 0) is 4.74 Å². The molecular formula is C24H23F3N6O. The average molecular weight is 468 g/mol. The number of aromatic amines is 1. The van der Waals surface area contributed by atoms with Gasteiger partial charge < -0.3 is 19.9 Å². The summed E-state index contributed by atoms with van der Waals surface area (Å²) in [6, 6.07) is 9.97. The van der Waals surface area contributed by atoms with Crippen LogP contribution in [0.5, 0.6) is 0 Å². The molecule has 2 N–H and O–H groups in total. The largest absolute Gasteiger partial charge is 0.414 e. The Balaban J connectivity index is 1.40. The topological polar surface area (TPSA) is 79.0 Å². The number of pyridine rings is 1. The number of ether oxygens (including phenoxy) is 1. The predicted molar refractivity (Wildman–Crippen MR) is 124 cm³/mol. The first kappa shape index (κ1) is 22.1. The maximum absolute atomic E-state index is 13.7. The summed E-state index contributed by atoms with van der Waals surface area (Å²) in [4.78, 5) is 18.2. The Morgan fingerprint density at radius 1 is 1.03 bits per heavy atom. The van der Waals surface area contributed by atoms with E-state index in [1.165, 1.54) is 18.6 Å². The number of nitrogens with one attached hydrogen (secondary N) is 2. The van der Waals surface area contributed by atoms with E-state index in [1.807, 2.05) is 6.07 Å². The number of halogens is 3. The highest BCUT2D eigenvalue weighted by Gasteiger charge is 2.42. The van der Waals surface area contributed by atoms with Gasteiger partial charge in [-0.25, -0.2) is 9.97 Å². The van der Waals surface area contributed by atoms with Crippen LogP contribution < -0.4 is 10.2 Å². The Morgan fingerprint density at radius 3 is 2.50 bits per heavy atom. The molecule has 5 rings (SSSR count). The molecule has 4 aromatic rings. The number of fused-ring (bicyclic) bond motifs is 1. The van der Waals surface area contributed by atoms with Gasteiger partial charge in [-0.1, -0.05) is 12.1 Å². The summed E-state index contributed by atoms with van der Waals surface area (Å²) < 4.78 is 46.7. The molecular weight excluding hydrogens is 445 g/mol. The molecule has 34 heavy (non-hydrogen) atoms. The second kappa shape index (κ2) is 8.94. The lowest BCUT2D eigenvalue weighted by Gasteiger charge is -2.27. The van der Waals surface area contributed by atoms with Crippen molar-refractivity contribution in [1.29, 1.82) is 0 Å². The number of anilines is 2. The van der Waals surface area contributed by atoms with Gasteiger partial charge in [0.05, 0.1) is 24.3 Å². The number of nitrogens with zero attached hydrogens (tertiary/aromatic N) is 4. The molecule has 1 unspecified atom stereocenters. The number of H-pyrrole nitrogens is 1. The van der Waals surface area contributed by atoms with Crippen LogP contribution in [0.25, 0.3) is 22.3 Å². The molecule has 0 amide bonds. The van der Waals surface area contributed by atoms with E-state index in [0.717, 1.165) is 41.1 Å². The number of benzene rings is 1. The Hall–Kier alpha value is -3.66. The van der Waals surface area contributed by atoms with Gasteiger partial charge in [-0.05, 0) is 48.4 Å². The molecule has 0 aliphatic carbocycles. The Bertz CT molecular complexity index is 1280. The van der Waals surface area contributed by atoms with Crippen molar-refractivity contribution in [2.24, 2.45) is 0 Å². The van der Waals surface area contributed by atoms with Crippen molar-refractivity contribution in [3.63, 3.8) is 0 Å². The highest BCUT2D eigenvalue weighted by molar-refractivity contribution is 5.92. The molecule has 3 aromatic heterocycles. The van der Waals surface area contributed by atoms with Gasteiger partial charge >= 0.3 is 6.18 Å². The molecule has 0 spiro atoms. The molecule has 1 atom stereocenters. The van der Waals surface area contributed by atoms with E-state index in [9.17, 15) is 13.2 Å². The SMILES string of the molecule is Cc1ccnc(C(Nc2ccc(-c3cc4c(N5CCOCC5)ncnc4[nH]3)cc2)C(F)(F)F)c1. The van der Waals surface area contributed by atoms with Gasteiger partial charge in [-0.15, -0.1) is 0 Å². The van der Waals surface area contributed by atoms with E-state index >= 15 is 0 Å². The maximum atomic E-state index is 13.7. The summed E-state index contributed by atoms with van der Waals surface area (Å²) >= 11 is 0. The Labute approximate surface area is 194 Å².